The number of para-hydroxylation sites is 8. The molecular weight excluding hydrogens is 1120 g/mol. The molecule has 0 saturated carbocycles. The molecule has 0 saturated heterocycles. The van der Waals surface area contributed by atoms with Crippen LogP contribution < -0.4 is 19.6 Å². The van der Waals surface area contributed by atoms with Crippen molar-refractivity contribution < 1.29 is 21.1 Å². The summed E-state index contributed by atoms with van der Waals surface area (Å²) in [5, 5.41) is 0. The van der Waals surface area contributed by atoms with Crippen LogP contribution >= 0.6 is 0 Å². The van der Waals surface area contributed by atoms with Gasteiger partial charge in [0.25, 0.3) is 0 Å². The van der Waals surface area contributed by atoms with Crippen LogP contribution in [0.25, 0.3) is 22.8 Å². The van der Waals surface area contributed by atoms with Crippen molar-refractivity contribution in [2.24, 2.45) is 0 Å². The van der Waals surface area contributed by atoms with Crippen LogP contribution in [0.1, 0.15) is 0 Å². The largest absolute Gasteiger partial charge is 2.00 e. The first-order chi connectivity index (χ1) is 37.7. The fraction of sp³-hybridized carbons (Fsp3) is 0. The predicted octanol–water partition coefficient (Wildman–Crippen LogP) is 17.8. The maximum Gasteiger partial charge on any atom is 2.00 e. The molecule has 0 fully saturated rings. The minimum Gasteiger partial charge on any atom is -0.319 e. The second-order valence-electron chi connectivity index (χ2n) is 17.4. The summed E-state index contributed by atoms with van der Waals surface area (Å²) in [5.74, 6) is 3.24. The third kappa shape index (κ3) is 12.1. The smallest absolute Gasteiger partial charge is 0.319 e. The van der Waals surface area contributed by atoms with E-state index in [1.165, 1.54) is 0 Å². The molecule has 12 rings (SSSR count). The van der Waals surface area contributed by atoms with Gasteiger partial charge in [0.1, 0.15) is 23.3 Å². The molecule has 0 spiro atoms. The van der Waals surface area contributed by atoms with E-state index in [0.29, 0.717) is 0 Å². The molecule has 0 aliphatic carbocycles. The Balaban J connectivity index is 0.000000172. The van der Waals surface area contributed by atoms with Crippen molar-refractivity contribution in [1.29, 1.82) is 0 Å². The van der Waals surface area contributed by atoms with E-state index in [2.05, 4.69) is 105 Å². The van der Waals surface area contributed by atoms with E-state index >= 15 is 0 Å². The van der Waals surface area contributed by atoms with Gasteiger partial charge in [-0.2, -0.15) is 48.5 Å². The first-order valence-corrected chi connectivity index (χ1v) is 25.1. The second kappa shape index (κ2) is 25.0. The quantitative estimate of drug-likeness (QED) is 0.0998. The van der Waals surface area contributed by atoms with Gasteiger partial charge in [-0.05, 0) is 121 Å². The molecule has 0 bridgehead atoms. The van der Waals surface area contributed by atoms with E-state index in [4.69, 9.17) is 19.9 Å². The van der Waals surface area contributed by atoms with E-state index in [1.54, 1.807) is 0 Å². The van der Waals surface area contributed by atoms with Gasteiger partial charge in [-0.1, -0.05) is 145 Å². The fourth-order valence-corrected chi connectivity index (χ4v) is 8.89. The molecule has 4 aromatic heterocycles. The molecule has 4 heterocycles. The molecule has 9 heteroatoms. The normalized spacial score (nSPS) is 10.5. The van der Waals surface area contributed by atoms with Gasteiger partial charge in [0.05, 0.1) is 22.8 Å². The number of rotatable bonds is 14. The Morgan fingerprint density at radius 2 is 0.429 bits per heavy atom. The third-order valence-corrected chi connectivity index (χ3v) is 12.3. The van der Waals surface area contributed by atoms with Crippen LogP contribution in [0.5, 0.6) is 0 Å². The molecule has 0 aliphatic heterocycles. The summed E-state index contributed by atoms with van der Waals surface area (Å²) in [5.41, 5.74) is 11.2. The van der Waals surface area contributed by atoms with Gasteiger partial charge in [0.2, 0.25) is 0 Å². The van der Waals surface area contributed by atoms with Crippen molar-refractivity contribution in [3.63, 3.8) is 0 Å². The number of anilines is 12. The SMILES string of the molecule is [Pt+2].[c-]1ccccc1N(c1ccccc1)c1cccc(-c2cccc(N(c3[c-]cccc3)c3ccccc3)n2)n1.c1ccc(N(c2ccccc2)c2cccc(-c3cccc(N(c4ccccc4)c4ccccc4)n3)n2)cc1. The van der Waals surface area contributed by atoms with Crippen LogP contribution in [-0.2, 0) is 21.1 Å². The molecule has 372 valence electrons. The summed E-state index contributed by atoms with van der Waals surface area (Å²) in [4.78, 5) is 28.8. The van der Waals surface area contributed by atoms with Crippen LogP contribution in [-0.4, -0.2) is 19.9 Å². The molecule has 77 heavy (non-hydrogen) atoms. The number of pyridine rings is 4. The van der Waals surface area contributed by atoms with Gasteiger partial charge >= 0.3 is 21.1 Å². The Kier molecular flexibility index (Phi) is 16.5. The molecule has 0 N–H and O–H groups in total. The summed E-state index contributed by atoms with van der Waals surface area (Å²) >= 11 is 0. The number of benzene rings is 8. The van der Waals surface area contributed by atoms with Gasteiger partial charge in [-0.25, -0.2) is 19.9 Å². The zero-order valence-electron chi connectivity index (χ0n) is 41.8. The first kappa shape index (κ1) is 50.8. The van der Waals surface area contributed by atoms with Crippen molar-refractivity contribution in [3.05, 3.63) is 315 Å². The van der Waals surface area contributed by atoms with Crippen molar-refractivity contribution in [1.82, 2.24) is 19.9 Å². The third-order valence-electron chi connectivity index (χ3n) is 12.3. The maximum atomic E-state index is 5.09. The summed E-state index contributed by atoms with van der Waals surface area (Å²) in [7, 11) is 0. The van der Waals surface area contributed by atoms with Crippen molar-refractivity contribution in [2.45, 2.75) is 0 Å². The van der Waals surface area contributed by atoms with Gasteiger partial charge in [-0.3, -0.25) is 9.80 Å². The van der Waals surface area contributed by atoms with Crippen LogP contribution in [0, 0.1) is 12.1 Å². The van der Waals surface area contributed by atoms with E-state index in [1.807, 2.05) is 231 Å². The Hall–Kier alpha value is -9.75. The average molecular weight is 1170 g/mol. The Morgan fingerprint density at radius 3 is 0.662 bits per heavy atom. The number of hydrogen-bond acceptors (Lipinski definition) is 8. The van der Waals surface area contributed by atoms with Crippen molar-refractivity contribution in [2.75, 3.05) is 19.6 Å². The summed E-state index contributed by atoms with van der Waals surface area (Å²) in [6.07, 6.45) is 0. The minimum atomic E-state index is 0. The van der Waals surface area contributed by atoms with Crippen LogP contribution in [0.2, 0.25) is 0 Å². The van der Waals surface area contributed by atoms with Gasteiger partial charge in [0, 0.05) is 34.1 Å². The fourth-order valence-electron chi connectivity index (χ4n) is 8.89. The van der Waals surface area contributed by atoms with Crippen molar-refractivity contribution in [3.8, 4) is 22.8 Å². The Labute approximate surface area is 464 Å². The number of aromatic nitrogens is 4. The molecule has 0 unspecified atom stereocenters. The topological polar surface area (TPSA) is 64.5 Å². The minimum absolute atomic E-state index is 0. The predicted molar refractivity (Wildman–Crippen MR) is 311 cm³/mol. The van der Waals surface area contributed by atoms with Crippen molar-refractivity contribution >= 4 is 68.8 Å². The maximum absolute atomic E-state index is 5.09. The Bertz CT molecular complexity index is 3060. The van der Waals surface area contributed by atoms with E-state index in [9.17, 15) is 0 Å². The van der Waals surface area contributed by atoms with Crippen LogP contribution in [0.15, 0.2) is 303 Å². The summed E-state index contributed by atoms with van der Waals surface area (Å²) < 4.78 is 0. The van der Waals surface area contributed by atoms with E-state index < -0.39 is 0 Å². The van der Waals surface area contributed by atoms with Crippen LogP contribution in [0.3, 0.4) is 0 Å². The molecular formula is C68H50N8Pt. The second-order valence-corrected chi connectivity index (χ2v) is 17.4. The molecule has 0 aliphatic rings. The summed E-state index contributed by atoms with van der Waals surface area (Å²) in [6, 6.07) is 108. The van der Waals surface area contributed by atoms with E-state index in [0.717, 1.165) is 91.5 Å². The van der Waals surface area contributed by atoms with E-state index in [-0.39, 0.29) is 21.1 Å². The Morgan fingerprint density at radius 1 is 0.208 bits per heavy atom. The first-order valence-electron chi connectivity index (χ1n) is 25.1. The zero-order chi connectivity index (χ0) is 51.1. The molecule has 0 amide bonds. The standard InChI is InChI=1S/C34H26N4.C34H24N4.Pt/c2*1-5-15-27(16-6-1)37(28-17-7-2-8-18-28)33-25-13-23-31(35-33)32-24-14-26-34(36-32)38(29-19-9-3-10-20-29)30-21-11-4-12-22-30;/h1-26H;1-17,19-21,23-26H;/q;-2;+2. The molecule has 0 radical (unpaired) electrons. The summed E-state index contributed by atoms with van der Waals surface area (Å²) in [6.45, 7) is 0. The molecule has 0 atom stereocenters. The number of nitrogens with zero attached hydrogens (tertiary/aromatic N) is 8. The van der Waals surface area contributed by atoms with Gasteiger partial charge in [0.15, 0.2) is 0 Å². The van der Waals surface area contributed by atoms with Gasteiger partial charge < -0.3 is 9.80 Å². The van der Waals surface area contributed by atoms with Crippen LogP contribution in [0.4, 0.5) is 68.8 Å². The van der Waals surface area contributed by atoms with Gasteiger partial charge in [-0.15, -0.1) is 12.1 Å². The number of hydrogen-bond donors (Lipinski definition) is 0. The average Bonchev–Trinajstić information content (AvgIpc) is 3.51. The monoisotopic (exact) mass is 1170 g/mol. The molecule has 8 nitrogen and oxygen atoms in total. The zero-order valence-corrected chi connectivity index (χ0v) is 44.0. The molecule has 12 aromatic rings. The molecule has 8 aromatic carbocycles.